The van der Waals surface area contributed by atoms with Gasteiger partial charge in [0.2, 0.25) is 5.91 Å². The van der Waals surface area contributed by atoms with Crippen LogP contribution in [-0.2, 0) is 33.4 Å². The Morgan fingerprint density at radius 3 is 1.33 bits per heavy atom. The zero-order chi connectivity index (χ0) is 47.1. The van der Waals surface area contributed by atoms with Crippen molar-refractivity contribution in [3.63, 3.8) is 0 Å². The Kier molecular flexibility index (Phi) is 26.6. The summed E-state index contributed by atoms with van der Waals surface area (Å²) in [6, 6.07) is 7.20. The minimum atomic E-state index is -1.57. The van der Waals surface area contributed by atoms with Gasteiger partial charge in [0.15, 0.2) is 18.0 Å². The van der Waals surface area contributed by atoms with Crippen LogP contribution in [0.25, 0.3) is 0 Å². The maximum Gasteiger partial charge on any atom is 0.407 e. The van der Waals surface area contributed by atoms with Crippen LogP contribution >= 0.6 is 0 Å². The molecule has 1 aromatic rings. The molecule has 60 heavy (non-hydrogen) atoms. The average molecular weight is 855 g/mol. The van der Waals surface area contributed by atoms with Crippen molar-refractivity contribution in [1.29, 1.82) is 0 Å². The fraction of sp³-hybridized carbons (Fsp3) is 0.690. The lowest BCUT2D eigenvalue weighted by Crippen LogP contribution is -2.52. The topological polar surface area (TPSA) is 253 Å². The summed E-state index contributed by atoms with van der Waals surface area (Å²) in [5, 5.41) is 38.6. The first-order valence-electron chi connectivity index (χ1n) is 19.9. The second-order valence-corrected chi connectivity index (χ2v) is 17.8. The lowest BCUT2D eigenvalue weighted by atomic mass is 9.92. The van der Waals surface area contributed by atoms with Gasteiger partial charge in [-0.15, -0.1) is 0 Å². The number of hydrogen-bond acceptors (Lipinski definition) is 12. The summed E-state index contributed by atoms with van der Waals surface area (Å²) in [7, 11) is 9.24. The number of nitrogens with zero attached hydrogens (tertiary/aromatic N) is 2. The molecular weight excluding hydrogens is 780 g/mol. The van der Waals surface area contributed by atoms with Crippen LogP contribution in [0.1, 0.15) is 100.0 Å². The Morgan fingerprint density at radius 2 is 1.02 bits per heavy atom. The Bertz CT molecular complexity index is 1490. The molecule has 4 unspecified atom stereocenters. The summed E-state index contributed by atoms with van der Waals surface area (Å²) in [5.41, 5.74) is -0.728. The molecule has 0 bridgehead atoms. The molecular formula is C42H74N6O12. The quantitative estimate of drug-likeness (QED) is 0.112. The van der Waals surface area contributed by atoms with E-state index >= 15 is 0 Å². The number of ketones is 1. The fourth-order valence-corrected chi connectivity index (χ4v) is 5.03. The van der Waals surface area contributed by atoms with Crippen molar-refractivity contribution in [3.8, 4) is 0 Å². The second kappa shape index (κ2) is 27.9. The van der Waals surface area contributed by atoms with Gasteiger partial charge in [-0.25, -0.2) is 9.59 Å². The molecule has 18 nitrogen and oxygen atoms in total. The molecule has 5 atom stereocenters. The van der Waals surface area contributed by atoms with Crippen molar-refractivity contribution >= 4 is 41.7 Å². The minimum Gasteiger partial charge on any atom is -0.480 e. The number of hydrogen-bond donors (Lipinski definition) is 7. The van der Waals surface area contributed by atoms with Crippen molar-refractivity contribution in [3.05, 3.63) is 35.9 Å². The Balaban J connectivity index is 0. The molecule has 0 aliphatic carbocycles. The number of alkyl carbamates (subject to hydrolysis) is 2. The van der Waals surface area contributed by atoms with Crippen LogP contribution in [0.3, 0.4) is 0 Å². The molecule has 7 N–H and O–H groups in total. The maximum absolute atomic E-state index is 12.6. The number of aliphatic carboxylic acids is 1. The van der Waals surface area contributed by atoms with E-state index < -0.39 is 77.9 Å². The Morgan fingerprint density at radius 1 is 0.650 bits per heavy atom. The van der Waals surface area contributed by atoms with Gasteiger partial charge in [0, 0.05) is 20.5 Å². The lowest BCUT2D eigenvalue weighted by Gasteiger charge is -2.27. The first-order valence-corrected chi connectivity index (χ1v) is 19.9. The molecule has 0 heterocycles. The molecule has 0 fully saturated rings. The molecule has 0 saturated heterocycles. The highest BCUT2D eigenvalue weighted by Crippen LogP contribution is 2.22. The highest BCUT2D eigenvalue weighted by atomic mass is 16.6. The number of benzene rings is 1. The van der Waals surface area contributed by atoms with Crippen LogP contribution in [0.5, 0.6) is 0 Å². The number of likely N-dealkylation sites (N-methyl/N-ethyl adjacent to an activating group) is 1. The lowest BCUT2D eigenvalue weighted by molar-refractivity contribution is -0.140. The number of aliphatic hydroxyl groups excluding tert-OH is 2. The highest BCUT2D eigenvalue weighted by molar-refractivity contribution is 5.93. The zero-order valence-electron chi connectivity index (χ0n) is 38.4. The molecule has 0 saturated carbocycles. The smallest absolute Gasteiger partial charge is 0.407 e. The SMILES string of the molecule is CC(C)CC(NC(=O)OC(C)(C)C)C(O)C(=O)NCC(=O)C[C@H](C(=O)N(C)C)c1ccccc1.CC(C)CC(NC(=O)OC(C)(C)C)C(O)C(=O)NCC(=O)O.CN(C)C. The molecule has 5 amide bonds. The van der Waals surface area contributed by atoms with Gasteiger partial charge in [0.25, 0.3) is 11.8 Å². The van der Waals surface area contributed by atoms with Crippen LogP contribution in [0, 0.1) is 11.8 Å². The molecule has 18 heteroatoms. The van der Waals surface area contributed by atoms with Gasteiger partial charge in [0.05, 0.1) is 24.5 Å². The van der Waals surface area contributed by atoms with E-state index in [1.165, 1.54) is 4.90 Å². The molecule has 0 aliphatic rings. The van der Waals surface area contributed by atoms with Crippen LogP contribution < -0.4 is 21.3 Å². The van der Waals surface area contributed by atoms with Gasteiger partial charge in [-0.05, 0) is 92.9 Å². The summed E-state index contributed by atoms with van der Waals surface area (Å²) in [5.74, 6) is -3.94. The summed E-state index contributed by atoms with van der Waals surface area (Å²) in [6.45, 7) is 16.8. The number of aliphatic hydroxyl groups is 2. The fourth-order valence-electron chi connectivity index (χ4n) is 5.03. The number of carboxylic acid groups (broad SMARTS) is 1. The van der Waals surface area contributed by atoms with E-state index in [9.17, 15) is 43.8 Å². The normalized spacial score (nSPS) is 13.7. The predicted octanol–water partition coefficient (Wildman–Crippen LogP) is 2.90. The predicted molar refractivity (Wildman–Crippen MR) is 228 cm³/mol. The molecule has 1 aromatic carbocycles. The average Bonchev–Trinajstić information content (AvgIpc) is 3.08. The van der Waals surface area contributed by atoms with E-state index in [-0.39, 0.29) is 36.5 Å². The monoisotopic (exact) mass is 855 g/mol. The van der Waals surface area contributed by atoms with Gasteiger partial charge in [-0.1, -0.05) is 58.0 Å². The molecule has 0 aromatic heterocycles. The third-order valence-electron chi connectivity index (χ3n) is 7.40. The van der Waals surface area contributed by atoms with Gasteiger partial charge in [0.1, 0.15) is 17.7 Å². The van der Waals surface area contributed by atoms with E-state index in [4.69, 9.17) is 14.6 Å². The van der Waals surface area contributed by atoms with Crippen LogP contribution in [-0.4, -0.2) is 151 Å². The van der Waals surface area contributed by atoms with Crippen molar-refractivity contribution in [1.82, 2.24) is 31.1 Å². The van der Waals surface area contributed by atoms with Gasteiger partial charge < -0.3 is 55.9 Å². The maximum atomic E-state index is 12.6. The summed E-state index contributed by atoms with van der Waals surface area (Å²) >= 11 is 0. The standard InChI is InChI=1S/C25H39N3O6.C14H26N2O6.C3H9N/c1-16(2)13-20(27-24(33)34-25(3,4)5)21(30)22(31)26-15-18(29)14-19(23(32)28(6)7)17-11-9-8-10-12-17;1-8(2)6-9(16-13(21)22-14(3,4)5)11(19)12(20)15-7-10(17)18;1-4(2)3/h8-12,16,19-21,30H,13-15H2,1-7H3,(H,26,31)(H,27,33);8-9,11,19H,6-7H2,1-5H3,(H,15,20)(H,16,21)(H,17,18);1-3H3/t19-,20?,21?;;/m0../s1. The van der Waals surface area contributed by atoms with E-state index in [0.717, 1.165) is 0 Å². The third kappa shape index (κ3) is 28.6. The Hall–Kier alpha value is -4.81. The van der Waals surface area contributed by atoms with Gasteiger partial charge in [-0.3, -0.25) is 24.0 Å². The van der Waals surface area contributed by atoms with Gasteiger partial charge >= 0.3 is 18.2 Å². The number of amides is 5. The van der Waals surface area contributed by atoms with Gasteiger partial charge in [-0.2, -0.15) is 0 Å². The molecule has 0 aliphatic heterocycles. The van der Waals surface area contributed by atoms with Crippen molar-refractivity contribution in [2.75, 3.05) is 48.3 Å². The highest BCUT2D eigenvalue weighted by Gasteiger charge is 2.32. The number of carboxylic acids is 1. The first kappa shape index (κ1) is 57.3. The second-order valence-electron chi connectivity index (χ2n) is 17.8. The van der Waals surface area contributed by atoms with Crippen molar-refractivity contribution in [2.24, 2.45) is 11.8 Å². The number of ether oxygens (including phenoxy) is 2. The number of rotatable bonds is 18. The number of carbonyl (C=O) groups is 7. The number of nitrogens with one attached hydrogen (secondary N) is 4. The summed E-state index contributed by atoms with van der Waals surface area (Å²) in [6.07, 6.45) is -4.05. The zero-order valence-corrected chi connectivity index (χ0v) is 38.4. The Labute approximate surface area is 356 Å². The van der Waals surface area contributed by atoms with Crippen LogP contribution in [0.2, 0.25) is 0 Å². The number of carbonyl (C=O) groups excluding carboxylic acids is 6. The largest absolute Gasteiger partial charge is 0.480 e. The molecule has 1 rings (SSSR count). The van der Waals surface area contributed by atoms with Crippen LogP contribution in [0.15, 0.2) is 30.3 Å². The number of Topliss-reactive ketones (excluding diaryl/α,β-unsaturated/α-hetero) is 1. The minimum absolute atomic E-state index is 0.0766. The van der Waals surface area contributed by atoms with E-state index in [1.807, 2.05) is 59.8 Å². The van der Waals surface area contributed by atoms with E-state index in [1.54, 1.807) is 79.9 Å². The summed E-state index contributed by atoms with van der Waals surface area (Å²) < 4.78 is 10.3. The van der Waals surface area contributed by atoms with Crippen molar-refractivity contribution < 1.29 is 58.4 Å². The third-order valence-corrected chi connectivity index (χ3v) is 7.40. The van der Waals surface area contributed by atoms with E-state index in [0.29, 0.717) is 18.4 Å². The first-order chi connectivity index (χ1) is 27.4. The van der Waals surface area contributed by atoms with Crippen LogP contribution in [0.4, 0.5) is 9.59 Å². The molecule has 0 spiro atoms. The van der Waals surface area contributed by atoms with Crippen molar-refractivity contribution in [2.45, 2.75) is 130 Å². The molecule has 344 valence electrons. The van der Waals surface area contributed by atoms with E-state index in [2.05, 4.69) is 21.3 Å². The summed E-state index contributed by atoms with van der Waals surface area (Å²) in [4.78, 5) is 87.3. The molecule has 0 radical (unpaired) electrons.